The van der Waals surface area contributed by atoms with Gasteiger partial charge in [-0.05, 0) is 79.9 Å². The van der Waals surface area contributed by atoms with Gasteiger partial charge in [-0.3, -0.25) is 9.59 Å². The van der Waals surface area contributed by atoms with Crippen molar-refractivity contribution in [2.75, 3.05) is 5.32 Å². The number of benzene rings is 3. The van der Waals surface area contributed by atoms with Crippen molar-refractivity contribution < 1.29 is 23.5 Å². The third-order valence-electron chi connectivity index (χ3n) is 5.25. The number of hydrogen-bond acceptors (Lipinski definition) is 4. The number of carboxylic acids is 1. The first-order chi connectivity index (χ1) is 16.4. The van der Waals surface area contributed by atoms with Crippen LogP contribution < -0.4 is 5.32 Å². The maximum Gasteiger partial charge on any atom is 0.303 e. The molecule has 0 aliphatic rings. The highest BCUT2D eigenvalue weighted by molar-refractivity contribution is 6.06. The minimum Gasteiger partial charge on any atom is -0.481 e. The Morgan fingerprint density at radius 1 is 0.853 bits per heavy atom. The van der Waals surface area contributed by atoms with Crippen LogP contribution in [0.2, 0.25) is 0 Å². The summed E-state index contributed by atoms with van der Waals surface area (Å²) in [6.45, 7) is 0. The van der Waals surface area contributed by atoms with E-state index in [1.54, 1.807) is 36.4 Å². The van der Waals surface area contributed by atoms with Crippen LogP contribution in [0.3, 0.4) is 0 Å². The quantitative estimate of drug-likeness (QED) is 0.332. The maximum absolute atomic E-state index is 13.4. The number of fused-ring (bicyclic) bond motifs is 1. The second kappa shape index (κ2) is 10.2. The molecule has 0 fully saturated rings. The van der Waals surface area contributed by atoms with Gasteiger partial charge in [0.15, 0.2) is 0 Å². The molecule has 3 aromatic carbocycles. The third-order valence-corrected chi connectivity index (χ3v) is 5.25. The molecule has 0 aliphatic heterocycles. The van der Waals surface area contributed by atoms with Gasteiger partial charge >= 0.3 is 5.97 Å². The number of aromatic nitrogens is 2. The Bertz CT molecular complexity index is 1360. The number of carbonyl (C=O) groups is 2. The number of halogens is 2. The number of amides is 1. The summed E-state index contributed by atoms with van der Waals surface area (Å²) in [6.07, 6.45) is 1.59. The lowest BCUT2D eigenvalue weighted by atomic mass is 10.0. The minimum absolute atomic E-state index is 0.0529. The number of nitrogens with zero attached hydrogens (tertiary/aromatic N) is 2. The van der Waals surface area contributed by atoms with E-state index < -0.39 is 17.7 Å². The van der Waals surface area contributed by atoms with E-state index in [1.165, 1.54) is 30.3 Å². The number of nitrogens with one attached hydrogen (secondary N) is 1. The van der Waals surface area contributed by atoms with Crippen molar-refractivity contribution in [2.45, 2.75) is 25.7 Å². The molecule has 0 unspecified atom stereocenters. The maximum atomic E-state index is 13.4. The molecule has 1 amide bonds. The largest absolute Gasteiger partial charge is 0.481 e. The van der Waals surface area contributed by atoms with Crippen molar-refractivity contribution in [1.29, 1.82) is 0 Å². The van der Waals surface area contributed by atoms with Gasteiger partial charge in [-0.15, -0.1) is 0 Å². The molecule has 172 valence electrons. The zero-order valence-corrected chi connectivity index (χ0v) is 18.1. The van der Waals surface area contributed by atoms with Crippen molar-refractivity contribution in [2.24, 2.45) is 0 Å². The second-order valence-corrected chi connectivity index (χ2v) is 7.79. The number of aryl methyl sites for hydroxylation is 1. The van der Waals surface area contributed by atoms with Crippen molar-refractivity contribution in [3.63, 3.8) is 0 Å². The van der Waals surface area contributed by atoms with Gasteiger partial charge in [0.25, 0.3) is 5.91 Å². The van der Waals surface area contributed by atoms with Gasteiger partial charge in [-0.1, -0.05) is 6.07 Å². The van der Waals surface area contributed by atoms with Crippen LogP contribution >= 0.6 is 0 Å². The van der Waals surface area contributed by atoms with Crippen molar-refractivity contribution in [3.05, 3.63) is 89.6 Å². The van der Waals surface area contributed by atoms with Crippen LogP contribution in [0.15, 0.2) is 66.7 Å². The van der Waals surface area contributed by atoms with Gasteiger partial charge in [0.1, 0.15) is 11.6 Å². The van der Waals surface area contributed by atoms with E-state index in [2.05, 4.69) is 5.32 Å². The number of anilines is 1. The van der Waals surface area contributed by atoms with Gasteiger partial charge in [0, 0.05) is 23.2 Å². The summed E-state index contributed by atoms with van der Waals surface area (Å²) in [6, 6.07) is 16.4. The predicted octanol–water partition coefficient (Wildman–Crippen LogP) is 5.62. The molecule has 2 N–H and O–H groups in total. The number of aliphatic carboxylic acids is 1. The second-order valence-electron chi connectivity index (χ2n) is 7.79. The predicted molar refractivity (Wildman–Crippen MR) is 124 cm³/mol. The van der Waals surface area contributed by atoms with Crippen LogP contribution in [0.1, 0.15) is 35.3 Å². The number of carboxylic acid groups (broad SMARTS) is 1. The van der Waals surface area contributed by atoms with Gasteiger partial charge in [0.2, 0.25) is 0 Å². The van der Waals surface area contributed by atoms with E-state index in [-0.39, 0.29) is 12.2 Å². The number of rotatable bonds is 8. The SMILES string of the molecule is O=C(O)CCCCc1nc2cc(C(=O)Nc3cccc(F)c3)ccc2nc1-c1ccc(F)cc1. The monoisotopic (exact) mass is 461 g/mol. The summed E-state index contributed by atoms with van der Waals surface area (Å²) < 4.78 is 26.8. The normalized spacial score (nSPS) is 10.9. The van der Waals surface area contributed by atoms with Crippen LogP contribution in [-0.4, -0.2) is 27.0 Å². The van der Waals surface area contributed by atoms with Crippen molar-refractivity contribution in [3.8, 4) is 11.3 Å². The summed E-state index contributed by atoms with van der Waals surface area (Å²) in [5.74, 6) is -2.10. The molecule has 6 nitrogen and oxygen atoms in total. The van der Waals surface area contributed by atoms with Crippen LogP contribution in [-0.2, 0) is 11.2 Å². The highest BCUT2D eigenvalue weighted by Crippen LogP contribution is 2.26. The molecule has 0 aliphatic carbocycles. The molecule has 1 heterocycles. The molecule has 8 heteroatoms. The molecular weight excluding hydrogens is 440 g/mol. The lowest BCUT2D eigenvalue weighted by Crippen LogP contribution is -2.12. The van der Waals surface area contributed by atoms with Gasteiger partial charge in [-0.25, -0.2) is 18.7 Å². The van der Waals surface area contributed by atoms with E-state index in [1.807, 2.05) is 0 Å². The first-order valence-corrected chi connectivity index (χ1v) is 10.7. The Morgan fingerprint density at radius 3 is 2.38 bits per heavy atom. The summed E-state index contributed by atoms with van der Waals surface area (Å²) in [5.41, 5.74) is 3.62. The molecule has 4 rings (SSSR count). The van der Waals surface area contributed by atoms with Crippen molar-refractivity contribution >= 4 is 28.6 Å². The average Bonchev–Trinajstić information content (AvgIpc) is 2.81. The van der Waals surface area contributed by atoms with Crippen LogP contribution in [0.5, 0.6) is 0 Å². The number of hydrogen-bond donors (Lipinski definition) is 2. The topological polar surface area (TPSA) is 92.2 Å². The van der Waals surface area contributed by atoms with Gasteiger partial charge in [-0.2, -0.15) is 0 Å². The zero-order valence-electron chi connectivity index (χ0n) is 18.1. The average molecular weight is 461 g/mol. The highest BCUT2D eigenvalue weighted by atomic mass is 19.1. The summed E-state index contributed by atoms with van der Waals surface area (Å²) >= 11 is 0. The summed E-state index contributed by atoms with van der Waals surface area (Å²) in [7, 11) is 0. The summed E-state index contributed by atoms with van der Waals surface area (Å²) in [5, 5.41) is 11.5. The van der Waals surface area contributed by atoms with E-state index in [9.17, 15) is 18.4 Å². The van der Waals surface area contributed by atoms with Crippen LogP contribution in [0.4, 0.5) is 14.5 Å². The fraction of sp³-hybridized carbons (Fsp3) is 0.154. The Balaban J connectivity index is 1.66. The number of unbranched alkanes of at least 4 members (excludes halogenated alkanes) is 1. The van der Waals surface area contributed by atoms with E-state index in [0.717, 1.165) is 0 Å². The fourth-order valence-electron chi connectivity index (χ4n) is 3.58. The zero-order chi connectivity index (χ0) is 24.1. The molecule has 0 atom stereocenters. The lowest BCUT2D eigenvalue weighted by Gasteiger charge is -2.11. The molecular formula is C26H21F2N3O3. The smallest absolute Gasteiger partial charge is 0.303 e. The Kier molecular flexibility index (Phi) is 6.87. The standard InChI is InChI=1S/C26H21F2N3O3/c27-18-11-8-16(9-12-18)25-22(6-1-2-7-24(32)33)30-23-14-17(10-13-21(23)31-25)26(34)29-20-5-3-4-19(28)15-20/h3-5,8-15H,1-2,6-7H2,(H,29,34)(H,32,33). The van der Waals surface area contributed by atoms with Crippen LogP contribution in [0, 0.1) is 11.6 Å². The molecule has 0 spiro atoms. The van der Waals surface area contributed by atoms with Gasteiger partial charge in [0.05, 0.1) is 22.4 Å². The Hall–Kier alpha value is -4.20. The first-order valence-electron chi connectivity index (χ1n) is 10.7. The lowest BCUT2D eigenvalue weighted by molar-refractivity contribution is -0.137. The molecule has 0 saturated heterocycles. The van der Waals surface area contributed by atoms with Crippen LogP contribution in [0.25, 0.3) is 22.3 Å². The molecule has 0 radical (unpaired) electrons. The fourth-order valence-corrected chi connectivity index (χ4v) is 3.58. The van der Waals surface area contributed by atoms with E-state index >= 15 is 0 Å². The molecule has 1 aromatic heterocycles. The Labute approximate surface area is 194 Å². The number of carbonyl (C=O) groups excluding carboxylic acids is 1. The molecule has 0 bridgehead atoms. The molecule has 34 heavy (non-hydrogen) atoms. The molecule has 4 aromatic rings. The summed E-state index contributed by atoms with van der Waals surface area (Å²) in [4.78, 5) is 32.9. The Morgan fingerprint density at radius 2 is 1.65 bits per heavy atom. The molecule has 0 saturated carbocycles. The highest BCUT2D eigenvalue weighted by Gasteiger charge is 2.14. The van der Waals surface area contributed by atoms with E-state index in [0.29, 0.717) is 58.5 Å². The van der Waals surface area contributed by atoms with Crippen molar-refractivity contribution in [1.82, 2.24) is 9.97 Å². The minimum atomic E-state index is -0.864. The van der Waals surface area contributed by atoms with Gasteiger partial charge < -0.3 is 10.4 Å². The van der Waals surface area contributed by atoms with E-state index in [4.69, 9.17) is 15.1 Å². The first kappa shape index (κ1) is 23.0. The third kappa shape index (κ3) is 5.58.